The number of fused-ring (bicyclic) bond motifs is 1. The summed E-state index contributed by atoms with van der Waals surface area (Å²) in [7, 11) is -3.83. The van der Waals surface area contributed by atoms with Gasteiger partial charge in [0, 0.05) is 6.54 Å². The quantitative estimate of drug-likeness (QED) is 0.740. The van der Waals surface area contributed by atoms with E-state index in [1.54, 1.807) is 12.1 Å². The smallest absolute Gasteiger partial charge is 0.324 e. The van der Waals surface area contributed by atoms with Gasteiger partial charge in [0.2, 0.25) is 10.0 Å². The second-order valence-corrected chi connectivity index (χ2v) is 9.25. The van der Waals surface area contributed by atoms with Crippen molar-refractivity contribution in [2.75, 3.05) is 6.54 Å². The lowest BCUT2D eigenvalue weighted by Gasteiger charge is -2.27. The number of sulfonamides is 1. The van der Waals surface area contributed by atoms with E-state index in [-0.39, 0.29) is 11.0 Å². The summed E-state index contributed by atoms with van der Waals surface area (Å²) in [6.45, 7) is 0.320. The van der Waals surface area contributed by atoms with E-state index < -0.39 is 22.0 Å². The molecule has 1 aliphatic heterocycles. The molecule has 1 unspecified atom stereocenters. The highest BCUT2D eigenvalue weighted by atomic mass is 32.2. The molecule has 1 saturated carbocycles. The van der Waals surface area contributed by atoms with Gasteiger partial charge in [0.15, 0.2) is 0 Å². The summed E-state index contributed by atoms with van der Waals surface area (Å²) < 4.78 is 41.6. The van der Waals surface area contributed by atoms with E-state index >= 15 is 0 Å². The third-order valence-electron chi connectivity index (χ3n) is 5.15. The molecule has 9 heteroatoms. The Bertz CT molecular complexity index is 906. The first kappa shape index (κ1) is 17.8. The average Bonchev–Trinajstić information content (AvgIpc) is 3.31. The number of esters is 1. The van der Waals surface area contributed by atoms with Gasteiger partial charge in [0.1, 0.15) is 28.1 Å². The number of hydrogen-bond donors (Lipinski definition) is 0. The Morgan fingerprint density at radius 2 is 1.92 bits per heavy atom. The van der Waals surface area contributed by atoms with Crippen molar-refractivity contribution in [3.8, 4) is 0 Å². The van der Waals surface area contributed by atoms with E-state index in [4.69, 9.17) is 4.74 Å². The number of nitrogens with zero attached hydrogens (tertiary/aromatic N) is 3. The highest BCUT2D eigenvalue weighted by Crippen LogP contribution is 2.31. The molecule has 140 valence electrons. The third-order valence-corrected chi connectivity index (χ3v) is 7.63. The summed E-state index contributed by atoms with van der Waals surface area (Å²) in [5, 5.41) is 0. The van der Waals surface area contributed by atoms with Crippen LogP contribution in [0, 0.1) is 0 Å². The van der Waals surface area contributed by atoms with Crippen molar-refractivity contribution in [2.45, 2.75) is 62.0 Å². The lowest BCUT2D eigenvalue weighted by Crippen LogP contribution is -2.42. The predicted octanol–water partition coefficient (Wildman–Crippen LogP) is 2.72. The summed E-state index contributed by atoms with van der Waals surface area (Å²) in [6, 6.07) is 4.17. The second-order valence-electron chi connectivity index (χ2n) is 6.86. The molecule has 0 amide bonds. The average molecular weight is 396 g/mol. The number of rotatable bonds is 4. The Balaban J connectivity index is 1.59. The first-order valence-corrected chi connectivity index (χ1v) is 11.2. The molecule has 2 heterocycles. The maximum Gasteiger partial charge on any atom is 0.324 e. The van der Waals surface area contributed by atoms with Gasteiger partial charge in [0.25, 0.3) is 0 Å². The van der Waals surface area contributed by atoms with Crippen LogP contribution in [0.1, 0.15) is 44.9 Å². The fourth-order valence-electron chi connectivity index (χ4n) is 3.81. The second kappa shape index (κ2) is 7.21. The topological polar surface area (TPSA) is 89.5 Å². The van der Waals surface area contributed by atoms with Crippen molar-refractivity contribution < 1.29 is 17.9 Å². The molecule has 0 N–H and O–H groups in total. The minimum atomic E-state index is -3.83. The molecule has 2 aliphatic rings. The summed E-state index contributed by atoms with van der Waals surface area (Å²) in [5.41, 5.74) is 0.917. The number of aromatic nitrogens is 2. The molecule has 1 saturated heterocycles. The summed E-state index contributed by atoms with van der Waals surface area (Å²) in [5.74, 6) is -0.415. The van der Waals surface area contributed by atoms with Crippen molar-refractivity contribution in [1.82, 2.24) is 13.1 Å². The molecule has 2 aromatic rings. The molecule has 26 heavy (non-hydrogen) atoms. The van der Waals surface area contributed by atoms with Crippen LogP contribution in [0.2, 0.25) is 0 Å². The Labute approximate surface area is 156 Å². The fourth-order valence-corrected chi connectivity index (χ4v) is 6.21. The summed E-state index contributed by atoms with van der Waals surface area (Å²) in [4.78, 5) is 12.8. The van der Waals surface area contributed by atoms with Crippen LogP contribution in [0.5, 0.6) is 0 Å². The lowest BCUT2D eigenvalue weighted by molar-refractivity contribution is -0.154. The van der Waals surface area contributed by atoms with E-state index in [1.807, 2.05) is 0 Å². The van der Waals surface area contributed by atoms with Crippen LogP contribution in [0.25, 0.3) is 11.0 Å². The Hall–Kier alpha value is -1.58. The number of carbonyl (C=O) groups excluding carboxylic acids is 1. The van der Waals surface area contributed by atoms with Gasteiger partial charge in [-0.1, -0.05) is 12.5 Å². The molecular weight excluding hydrogens is 374 g/mol. The number of carbonyl (C=O) groups is 1. The van der Waals surface area contributed by atoms with Crippen LogP contribution < -0.4 is 0 Å². The molecule has 0 radical (unpaired) electrons. The zero-order valence-corrected chi connectivity index (χ0v) is 16.0. The van der Waals surface area contributed by atoms with Crippen LogP contribution in [0.4, 0.5) is 0 Å². The normalized spacial score (nSPS) is 22.7. The Morgan fingerprint density at radius 3 is 2.73 bits per heavy atom. The van der Waals surface area contributed by atoms with Crippen molar-refractivity contribution in [1.29, 1.82) is 0 Å². The molecule has 0 bridgehead atoms. The third kappa shape index (κ3) is 3.23. The maximum absolute atomic E-state index is 13.2. The fraction of sp³-hybridized carbons (Fsp3) is 0.588. The molecule has 1 aliphatic carbocycles. The minimum absolute atomic E-state index is 0.0763. The Kier molecular flexibility index (Phi) is 4.94. The molecule has 1 aromatic heterocycles. The van der Waals surface area contributed by atoms with E-state index in [1.165, 1.54) is 16.8 Å². The van der Waals surface area contributed by atoms with Gasteiger partial charge in [-0.05, 0) is 50.7 Å². The summed E-state index contributed by atoms with van der Waals surface area (Å²) >= 11 is 0.981. The predicted molar refractivity (Wildman–Crippen MR) is 97.3 cm³/mol. The van der Waals surface area contributed by atoms with Gasteiger partial charge in [-0.15, -0.1) is 0 Å². The number of ether oxygens (including phenoxy) is 1. The van der Waals surface area contributed by atoms with Crippen molar-refractivity contribution in [3.63, 3.8) is 0 Å². The van der Waals surface area contributed by atoms with Gasteiger partial charge in [0.05, 0.1) is 11.7 Å². The van der Waals surface area contributed by atoms with Gasteiger partial charge in [-0.2, -0.15) is 13.1 Å². The van der Waals surface area contributed by atoms with Crippen LogP contribution >= 0.6 is 11.7 Å². The lowest BCUT2D eigenvalue weighted by atomic mass is 9.98. The minimum Gasteiger partial charge on any atom is -0.461 e. The maximum atomic E-state index is 13.2. The van der Waals surface area contributed by atoms with Crippen molar-refractivity contribution >= 4 is 38.8 Å². The highest BCUT2D eigenvalue weighted by Gasteiger charge is 2.42. The highest BCUT2D eigenvalue weighted by molar-refractivity contribution is 7.89. The number of benzene rings is 1. The standard InChI is InChI=1S/C17H21N3O4S2/c21-17(24-12-6-2-1-3-7-12)14-9-5-11-20(14)26(22,23)15-10-4-8-13-16(15)19-25-18-13/h4,8,10,12,14H,1-3,5-7,9,11H2. The molecule has 1 atom stereocenters. The molecule has 7 nitrogen and oxygen atoms in total. The van der Waals surface area contributed by atoms with Crippen LogP contribution in [-0.4, -0.2) is 46.1 Å². The first-order chi connectivity index (χ1) is 12.6. The van der Waals surface area contributed by atoms with Gasteiger partial charge in [-0.3, -0.25) is 4.79 Å². The van der Waals surface area contributed by atoms with Crippen molar-refractivity contribution in [3.05, 3.63) is 18.2 Å². The molecule has 2 fully saturated rings. The molecular formula is C17H21N3O4S2. The zero-order chi connectivity index (χ0) is 18.1. The van der Waals surface area contributed by atoms with E-state index in [2.05, 4.69) is 8.75 Å². The van der Waals surface area contributed by atoms with Crippen LogP contribution in [-0.2, 0) is 19.6 Å². The van der Waals surface area contributed by atoms with Gasteiger partial charge in [-0.25, -0.2) is 8.42 Å². The monoisotopic (exact) mass is 395 g/mol. The summed E-state index contributed by atoms with van der Waals surface area (Å²) in [6.07, 6.45) is 6.10. The van der Waals surface area contributed by atoms with Gasteiger partial charge >= 0.3 is 5.97 Å². The molecule has 1 aromatic carbocycles. The van der Waals surface area contributed by atoms with E-state index in [0.29, 0.717) is 30.4 Å². The molecule has 4 rings (SSSR count). The van der Waals surface area contributed by atoms with Crippen LogP contribution in [0.3, 0.4) is 0 Å². The molecule has 0 spiro atoms. The van der Waals surface area contributed by atoms with Crippen molar-refractivity contribution in [2.24, 2.45) is 0 Å². The first-order valence-electron chi connectivity index (χ1n) is 9.01. The van der Waals surface area contributed by atoms with Crippen LogP contribution in [0.15, 0.2) is 23.1 Å². The zero-order valence-electron chi connectivity index (χ0n) is 14.3. The largest absolute Gasteiger partial charge is 0.461 e. The van der Waals surface area contributed by atoms with E-state index in [0.717, 1.165) is 37.4 Å². The van der Waals surface area contributed by atoms with E-state index in [9.17, 15) is 13.2 Å². The van der Waals surface area contributed by atoms with Gasteiger partial charge < -0.3 is 4.74 Å². The Morgan fingerprint density at radius 1 is 1.12 bits per heavy atom. The number of hydrogen-bond acceptors (Lipinski definition) is 7. The SMILES string of the molecule is O=C(OC1CCCCC1)C1CCCN1S(=O)(=O)c1cccc2nsnc12.